The third-order valence-electron chi connectivity index (χ3n) is 11.1. The fraction of sp³-hybridized carbons (Fsp3) is 0.909. The van der Waals surface area contributed by atoms with Gasteiger partial charge in [-0.25, -0.2) is 0 Å². The van der Waals surface area contributed by atoms with Crippen LogP contribution in [-0.4, -0.2) is 34.2 Å². The lowest BCUT2D eigenvalue weighted by molar-refractivity contribution is -0.145. The predicted molar refractivity (Wildman–Crippen MR) is 105 cm³/mol. The summed E-state index contributed by atoms with van der Waals surface area (Å²) >= 11 is 0. The van der Waals surface area contributed by atoms with Crippen molar-refractivity contribution in [1.29, 1.82) is 0 Å². The second-order valence-corrected chi connectivity index (χ2v) is 11.6. The Morgan fingerprint density at radius 2 is 1.00 bits per heavy atom. The number of rotatable bonds is 2. The molecule has 4 N–H and O–H groups in total. The minimum atomic E-state index is -0.666. The summed E-state index contributed by atoms with van der Waals surface area (Å²) in [6, 6.07) is 0. The van der Waals surface area contributed by atoms with Crippen molar-refractivity contribution in [3.63, 3.8) is 0 Å². The lowest BCUT2D eigenvalue weighted by Gasteiger charge is -2.41. The van der Waals surface area contributed by atoms with Crippen molar-refractivity contribution in [2.45, 2.75) is 92.3 Å². The van der Waals surface area contributed by atoms with Crippen LogP contribution in [0.2, 0.25) is 0 Å². The van der Waals surface area contributed by atoms with E-state index in [0.717, 1.165) is 25.7 Å². The summed E-state index contributed by atoms with van der Waals surface area (Å²) in [5.74, 6) is -0.390. The fourth-order valence-corrected chi connectivity index (χ4v) is 7.61. The third-order valence-corrected chi connectivity index (χ3v) is 11.1. The second-order valence-electron chi connectivity index (χ2n) is 11.6. The Bertz CT molecular complexity index is 687. The van der Waals surface area contributed by atoms with Crippen molar-refractivity contribution >= 4 is 11.8 Å². The molecule has 6 nitrogen and oxygen atoms in total. The first kappa shape index (κ1) is 20.1. The molecular weight excluding hydrogens is 356 g/mol. The smallest absolute Gasteiger partial charge is 0.245 e. The number of fused-ring (bicyclic) bond motifs is 4. The van der Waals surface area contributed by atoms with E-state index in [1.807, 2.05) is 0 Å². The van der Waals surface area contributed by atoms with Gasteiger partial charge in [-0.2, -0.15) is 0 Å². The van der Waals surface area contributed by atoms with Crippen molar-refractivity contribution in [3.05, 3.63) is 0 Å². The average molecular weight is 393 g/mol. The average Bonchev–Trinajstić information content (AvgIpc) is 3.07. The number of hydrazine groups is 1. The molecule has 4 bridgehead atoms. The summed E-state index contributed by atoms with van der Waals surface area (Å²) in [7, 11) is 0. The second kappa shape index (κ2) is 5.31. The van der Waals surface area contributed by atoms with E-state index in [1.165, 1.54) is 0 Å². The van der Waals surface area contributed by atoms with Gasteiger partial charge in [-0.1, -0.05) is 41.5 Å². The highest BCUT2D eigenvalue weighted by Gasteiger charge is 2.73. The quantitative estimate of drug-likeness (QED) is 0.542. The van der Waals surface area contributed by atoms with Crippen LogP contribution in [0.5, 0.6) is 0 Å². The van der Waals surface area contributed by atoms with E-state index in [0.29, 0.717) is 12.8 Å². The maximum Gasteiger partial charge on any atom is 0.245 e. The Hall–Kier alpha value is -1.14. The van der Waals surface area contributed by atoms with Crippen LogP contribution in [0.3, 0.4) is 0 Å². The molecule has 0 saturated heterocycles. The van der Waals surface area contributed by atoms with Crippen molar-refractivity contribution in [2.75, 3.05) is 0 Å². The molecule has 4 aliphatic carbocycles. The summed E-state index contributed by atoms with van der Waals surface area (Å²) in [4.78, 5) is 26.5. The topological polar surface area (TPSA) is 98.7 Å². The van der Waals surface area contributed by atoms with Gasteiger partial charge < -0.3 is 10.2 Å². The van der Waals surface area contributed by atoms with Gasteiger partial charge in [0.05, 0.1) is 23.0 Å². The third kappa shape index (κ3) is 1.83. The zero-order valence-corrected chi connectivity index (χ0v) is 18.1. The summed E-state index contributed by atoms with van der Waals surface area (Å²) in [6.45, 7) is 12.4. The number of aliphatic hydroxyl groups is 2. The number of aliphatic hydroxyl groups excluding tert-OH is 2. The van der Waals surface area contributed by atoms with Gasteiger partial charge in [-0.3, -0.25) is 20.4 Å². The van der Waals surface area contributed by atoms with E-state index in [2.05, 4.69) is 52.4 Å². The number of nitrogens with one attached hydrogen (secondary N) is 2. The Morgan fingerprint density at radius 3 is 1.21 bits per heavy atom. The Kier molecular flexibility index (Phi) is 3.82. The maximum atomic E-state index is 13.3. The van der Waals surface area contributed by atoms with Crippen LogP contribution in [0.15, 0.2) is 0 Å². The fourth-order valence-electron chi connectivity index (χ4n) is 7.61. The summed E-state index contributed by atoms with van der Waals surface area (Å²) in [6.07, 6.45) is 2.93. The van der Waals surface area contributed by atoms with Gasteiger partial charge in [-0.05, 0) is 60.2 Å². The highest BCUT2D eigenvalue weighted by Crippen LogP contribution is 2.73. The predicted octanol–water partition coefficient (Wildman–Crippen LogP) is 2.29. The Morgan fingerprint density at radius 1 is 0.679 bits per heavy atom. The van der Waals surface area contributed by atoms with Gasteiger partial charge in [0, 0.05) is 0 Å². The molecule has 4 rings (SSSR count). The maximum absolute atomic E-state index is 13.3. The molecule has 28 heavy (non-hydrogen) atoms. The molecule has 158 valence electrons. The zero-order valence-electron chi connectivity index (χ0n) is 18.1. The van der Waals surface area contributed by atoms with E-state index in [9.17, 15) is 19.8 Å². The van der Waals surface area contributed by atoms with Crippen LogP contribution in [0, 0.1) is 32.5 Å². The standard InChI is InChI=1S/C22H36N2O4/c1-17(2)19(5)7-9-21(17,11-13(19)25)15(27)23-24-16(28)22-10-8-20(6,14(26)12-22)18(22,3)4/h13-14,25-26H,7-12H2,1-6H3,(H,23,27)(H,24,28)/t13-,14+,19-,20-,21+,22+/m1/s1. The number of carbonyl (C=O) groups excluding carboxylic acids is 2. The van der Waals surface area contributed by atoms with Crippen LogP contribution in [0.1, 0.15) is 80.1 Å². The summed E-state index contributed by atoms with van der Waals surface area (Å²) in [5.41, 5.74) is 2.87. The van der Waals surface area contributed by atoms with Crippen LogP contribution in [0.4, 0.5) is 0 Å². The minimum absolute atomic E-state index is 0.195. The molecule has 0 radical (unpaired) electrons. The lowest BCUT2D eigenvalue weighted by atomic mass is 9.64. The molecule has 0 aromatic heterocycles. The van der Waals surface area contributed by atoms with Gasteiger partial charge in [0.2, 0.25) is 11.8 Å². The molecule has 6 heteroatoms. The van der Waals surface area contributed by atoms with Crippen LogP contribution in [-0.2, 0) is 9.59 Å². The molecular formula is C22H36N2O4. The first-order chi connectivity index (χ1) is 12.7. The molecule has 0 aromatic rings. The largest absolute Gasteiger partial charge is 0.393 e. The van der Waals surface area contributed by atoms with Gasteiger partial charge in [-0.15, -0.1) is 0 Å². The van der Waals surface area contributed by atoms with E-state index in [4.69, 9.17) is 0 Å². The van der Waals surface area contributed by atoms with E-state index >= 15 is 0 Å². The molecule has 0 heterocycles. The number of hydrogen-bond acceptors (Lipinski definition) is 4. The molecule has 0 spiro atoms. The summed E-state index contributed by atoms with van der Waals surface area (Å²) < 4.78 is 0. The first-order valence-corrected chi connectivity index (χ1v) is 10.7. The van der Waals surface area contributed by atoms with Crippen molar-refractivity contribution < 1.29 is 19.8 Å². The number of amides is 2. The first-order valence-electron chi connectivity index (χ1n) is 10.7. The lowest BCUT2D eigenvalue weighted by Crippen LogP contribution is -2.56. The van der Waals surface area contributed by atoms with Gasteiger partial charge in [0.25, 0.3) is 0 Å². The molecule has 6 atom stereocenters. The molecule has 4 saturated carbocycles. The Labute approximate surface area is 167 Å². The molecule has 2 amide bonds. The molecule has 0 unspecified atom stereocenters. The molecule has 0 aliphatic heterocycles. The van der Waals surface area contributed by atoms with Crippen molar-refractivity contribution in [1.82, 2.24) is 10.9 Å². The SMILES string of the molecule is CC1(C)[C@@]2(C(=O)NNC(=O)[C@]34CC[C@](C)([C@@H](O)C3)C4(C)C)CC[C@]1(C)[C@H](O)C2. The normalized spacial score (nSPS) is 50.0. The van der Waals surface area contributed by atoms with Gasteiger partial charge in [0.15, 0.2) is 0 Å². The van der Waals surface area contributed by atoms with Gasteiger partial charge >= 0.3 is 0 Å². The Balaban J connectivity index is 1.52. The number of carbonyl (C=O) groups is 2. The zero-order chi connectivity index (χ0) is 21.0. The van der Waals surface area contributed by atoms with E-state index in [1.54, 1.807) is 0 Å². The molecule has 4 fully saturated rings. The van der Waals surface area contributed by atoms with Crippen LogP contribution < -0.4 is 10.9 Å². The van der Waals surface area contributed by atoms with Crippen LogP contribution in [0.25, 0.3) is 0 Å². The molecule has 4 aliphatic rings. The number of hydrogen-bond donors (Lipinski definition) is 4. The van der Waals surface area contributed by atoms with Crippen molar-refractivity contribution in [2.24, 2.45) is 32.5 Å². The van der Waals surface area contributed by atoms with E-state index in [-0.39, 0.29) is 33.5 Å². The highest BCUT2D eigenvalue weighted by atomic mass is 16.3. The van der Waals surface area contributed by atoms with Crippen molar-refractivity contribution in [3.8, 4) is 0 Å². The molecule has 0 aromatic carbocycles. The minimum Gasteiger partial charge on any atom is -0.393 e. The van der Waals surface area contributed by atoms with Crippen LogP contribution >= 0.6 is 0 Å². The van der Waals surface area contributed by atoms with E-state index < -0.39 is 23.0 Å². The summed E-state index contributed by atoms with van der Waals surface area (Å²) in [5, 5.41) is 21.2. The monoisotopic (exact) mass is 392 g/mol. The van der Waals surface area contributed by atoms with Gasteiger partial charge in [0.1, 0.15) is 0 Å². The highest BCUT2D eigenvalue weighted by molar-refractivity contribution is 5.90.